The van der Waals surface area contributed by atoms with Crippen LogP contribution in [0.2, 0.25) is 0 Å². The van der Waals surface area contributed by atoms with Crippen molar-refractivity contribution in [3.8, 4) is 0 Å². The molecule has 1 aromatic heterocycles. The number of nitrogens with two attached hydrogens (primary N) is 1. The summed E-state index contributed by atoms with van der Waals surface area (Å²) in [4.78, 5) is 4.02. The smallest absolute Gasteiger partial charge is 0.146 e. The van der Waals surface area contributed by atoms with Crippen LogP contribution in [-0.4, -0.2) is 4.98 Å². The van der Waals surface area contributed by atoms with Crippen LogP contribution >= 0.6 is 15.9 Å². The summed E-state index contributed by atoms with van der Waals surface area (Å²) in [7, 11) is 0. The average Bonchev–Trinajstić information content (AvgIpc) is 2.30. The second-order valence-corrected chi connectivity index (χ2v) is 4.24. The van der Waals surface area contributed by atoms with Gasteiger partial charge in [0.05, 0.1) is 5.69 Å². The number of nitrogen functional groups attached to an aromatic ring is 1. The average molecular weight is 278 g/mol. The Hall–Kier alpha value is -1.55. The first-order chi connectivity index (χ1) is 7.77. The minimum atomic E-state index is 0.523. The highest BCUT2D eigenvalue weighted by atomic mass is 79.9. The Morgan fingerprint density at radius 2 is 2.00 bits per heavy atom. The van der Waals surface area contributed by atoms with Gasteiger partial charge in [-0.3, -0.25) is 0 Å². The zero-order chi connectivity index (χ0) is 11.4. The Balaban J connectivity index is 2.09. The van der Waals surface area contributed by atoms with Crippen molar-refractivity contribution in [3.63, 3.8) is 0 Å². The van der Waals surface area contributed by atoms with Crippen LogP contribution in [0.4, 0.5) is 11.5 Å². The molecule has 0 aliphatic carbocycles. The van der Waals surface area contributed by atoms with Gasteiger partial charge in [-0.15, -0.1) is 0 Å². The van der Waals surface area contributed by atoms with Crippen molar-refractivity contribution < 1.29 is 0 Å². The van der Waals surface area contributed by atoms with Gasteiger partial charge in [-0.1, -0.05) is 34.1 Å². The quantitative estimate of drug-likeness (QED) is 0.907. The number of pyridine rings is 1. The molecule has 0 saturated carbocycles. The van der Waals surface area contributed by atoms with Crippen LogP contribution < -0.4 is 11.1 Å². The predicted octanol–water partition coefficient (Wildman–Crippen LogP) is 3.04. The Kier molecular flexibility index (Phi) is 3.41. The van der Waals surface area contributed by atoms with Gasteiger partial charge in [0.1, 0.15) is 5.82 Å². The van der Waals surface area contributed by atoms with E-state index in [0.717, 1.165) is 16.7 Å². The highest BCUT2D eigenvalue weighted by molar-refractivity contribution is 9.10. The lowest BCUT2D eigenvalue weighted by Gasteiger charge is -2.09. The normalized spacial score (nSPS) is 10.1. The topological polar surface area (TPSA) is 50.9 Å². The molecule has 3 N–H and O–H groups in total. The van der Waals surface area contributed by atoms with Crippen LogP contribution in [0.3, 0.4) is 0 Å². The van der Waals surface area contributed by atoms with E-state index in [2.05, 4.69) is 32.3 Å². The molecule has 1 aromatic carbocycles. The van der Waals surface area contributed by atoms with Crippen molar-refractivity contribution in [2.45, 2.75) is 6.54 Å². The number of benzene rings is 1. The van der Waals surface area contributed by atoms with Gasteiger partial charge in [-0.2, -0.15) is 0 Å². The first-order valence-corrected chi connectivity index (χ1v) is 5.74. The van der Waals surface area contributed by atoms with Crippen molar-refractivity contribution in [2.75, 3.05) is 11.1 Å². The summed E-state index contributed by atoms with van der Waals surface area (Å²) in [5.74, 6) is 0.523. The number of hydrogen-bond donors (Lipinski definition) is 2. The fourth-order valence-electron chi connectivity index (χ4n) is 1.40. The second-order valence-electron chi connectivity index (χ2n) is 3.38. The molecular formula is C12H12BrN3. The molecule has 0 fully saturated rings. The third kappa shape index (κ3) is 2.52. The SMILES string of the molecule is Nc1ncccc1NCc1ccccc1Br. The van der Waals surface area contributed by atoms with E-state index in [9.17, 15) is 0 Å². The van der Waals surface area contributed by atoms with Crippen LogP contribution in [-0.2, 0) is 6.54 Å². The van der Waals surface area contributed by atoms with Crippen molar-refractivity contribution in [1.82, 2.24) is 4.98 Å². The third-order valence-corrected chi connectivity index (χ3v) is 3.04. The van der Waals surface area contributed by atoms with Crippen LogP contribution in [0.1, 0.15) is 5.56 Å². The fourth-order valence-corrected chi connectivity index (χ4v) is 1.82. The number of rotatable bonds is 3. The second kappa shape index (κ2) is 4.99. The molecule has 1 heterocycles. The summed E-state index contributed by atoms with van der Waals surface area (Å²) in [6.07, 6.45) is 1.68. The lowest BCUT2D eigenvalue weighted by Crippen LogP contribution is -2.03. The van der Waals surface area contributed by atoms with Crippen molar-refractivity contribution >= 4 is 27.4 Å². The summed E-state index contributed by atoms with van der Waals surface area (Å²) >= 11 is 3.50. The van der Waals surface area contributed by atoms with E-state index in [4.69, 9.17) is 5.73 Å². The van der Waals surface area contributed by atoms with E-state index < -0.39 is 0 Å². The number of halogens is 1. The van der Waals surface area contributed by atoms with Crippen molar-refractivity contribution in [3.05, 3.63) is 52.6 Å². The molecule has 0 bridgehead atoms. The lowest BCUT2D eigenvalue weighted by molar-refractivity contribution is 1.13. The Morgan fingerprint density at radius 3 is 2.75 bits per heavy atom. The molecule has 0 amide bonds. The van der Waals surface area contributed by atoms with Gasteiger partial charge in [0.15, 0.2) is 0 Å². The Bertz CT molecular complexity index is 440. The van der Waals surface area contributed by atoms with Gasteiger partial charge in [0.25, 0.3) is 0 Å². The Labute approximate surface area is 103 Å². The van der Waals surface area contributed by atoms with Crippen molar-refractivity contribution in [2.24, 2.45) is 0 Å². The van der Waals surface area contributed by atoms with Gasteiger partial charge in [-0.25, -0.2) is 4.98 Å². The molecule has 82 valence electrons. The molecule has 0 unspecified atom stereocenters. The number of nitrogens with zero attached hydrogens (tertiary/aromatic N) is 1. The van der Waals surface area contributed by atoms with E-state index in [1.807, 2.05) is 30.3 Å². The van der Waals surface area contributed by atoms with E-state index >= 15 is 0 Å². The monoisotopic (exact) mass is 277 g/mol. The number of nitrogens with one attached hydrogen (secondary N) is 1. The van der Waals surface area contributed by atoms with Crippen LogP contribution in [0, 0.1) is 0 Å². The zero-order valence-electron chi connectivity index (χ0n) is 8.65. The maximum Gasteiger partial charge on any atom is 0.146 e. The first kappa shape index (κ1) is 11.0. The summed E-state index contributed by atoms with van der Waals surface area (Å²) in [6.45, 7) is 0.720. The lowest BCUT2D eigenvalue weighted by atomic mass is 10.2. The summed E-state index contributed by atoms with van der Waals surface area (Å²) < 4.78 is 1.09. The van der Waals surface area contributed by atoms with Gasteiger partial charge in [-0.05, 0) is 23.8 Å². The molecular weight excluding hydrogens is 266 g/mol. The maximum absolute atomic E-state index is 5.74. The van der Waals surface area contributed by atoms with E-state index in [1.54, 1.807) is 6.20 Å². The van der Waals surface area contributed by atoms with Crippen LogP contribution in [0.5, 0.6) is 0 Å². The molecule has 2 aromatic rings. The number of aromatic nitrogens is 1. The Morgan fingerprint density at radius 1 is 1.19 bits per heavy atom. The standard InChI is InChI=1S/C12H12BrN3/c13-10-5-2-1-4-9(10)8-16-11-6-3-7-15-12(11)14/h1-7,16H,8H2,(H2,14,15). The summed E-state index contributed by atoms with van der Waals surface area (Å²) in [6, 6.07) is 11.9. The highest BCUT2D eigenvalue weighted by Gasteiger charge is 2.00. The largest absolute Gasteiger partial charge is 0.382 e. The predicted molar refractivity (Wildman–Crippen MR) is 70.1 cm³/mol. The van der Waals surface area contributed by atoms with E-state index in [1.165, 1.54) is 5.56 Å². The van der Waals surface area contributed by atoms with Gasteiger partial charge in [0, 0.05) is 17.2 Å². The van der Waals surface area contributed by atoms with Crippen LogP contribution in [0.25, 0.3) is 0 Å². The minimum Gasteiger partial charge on any atom is -0.382 e. The fraction of sp³-hybridized carbons (Fsp3) is 0.0833. The highest BCUT2D eigenvalue weighted by Crippen LogP contribution is 2.19. The molecule has 3 nitrogen and oxygen atoms in total. The molecule has 4 heteroatoms. The minimum absolute atomic E-state index is 0.523. The molecule has 2 rings (SSSR count). The summed E-state index contributed by atoms with van der Waals surface area (Å²) in [5, 5.41) is 3.25. The molecule has 0 aliphatic heterocycles. The molecule has 16 heavy (non-hydrogen) atoms. The maximum atomic E-state index is 5.74. The first-order valence-electron chi connectivity index (χ1n) is 4.95. The number of anilines is 2. The van der Waals surface area contributed by atoms with E-state index in [-0.39, 0.29) is 0 Å². The van der Waals surface area contributed by atoms with Crippen molar-refractivity contribution in [1.29, 1.82) is 0 Å². The third-order valence-electron chi connectivity index (χ3n) is 2.27. The molecule has 0 aliphatic rings. The van der Waals surface area contributed by atoms with E-state index in [0.29, 0.717) is 5.82 Å². The van der Waals surface area contributed by atoms with Gasteiger partial charge >= 0.3 is 0 Å². The summed E-state index contributed by atoms with van der Waals surface area (Å²) in [5.41, 5.74) is 7.78. The molecule has 0 radical (unpaired) electrons. The zero-order valence-corrected chi connectivity index (χ0v) is 10.2. The molecule has 0 saturated heterocycles. The van der Waals surface area contributed by atoms with Crippen LogP contribution in [0.15, 0.2) is 47.1 Å². The molecule has 0 spiro atoms. The number of hydrogen-bond acceptors (Lipinski definition) is 3. The van der Waals surface area contributed by atoms with Gasteiger partial charge < -0.3 is 11.1 Å². The molecule has 0 atom stereocenters. The van der Waals surface area contributed by atoms with Gasteiger partial charge in [0.2, 0.25) is 0 Å².